The summed E-state index contributed by atoms with van der Waals surface area (Å²) in [5.41, 5.74) is 9.81. The Morgan fingerprint density at radius 1 is 1.29 bits per heavy atom. The van der Waals surface area contributed by atoms with Crippen LogP contribution in [0.15, 0.2) is 12.1 Å². The monoisotopic (exact) mass is 287 g/mol. The summed E-state index contributed by atoms with van der Waals surface area (Å²) in [6, 6.07) is 4.42. The second kappa shape index (κ2) is 5.58. The molecule has 1 aromatic carbocycles. The van der Waals surface area contributed by atoms with Gasteiger partial charge in [0.1, 0.15) is 0 Å². The Kier molecular flexibility index (Phi) is 3.79. The summed E-state index contributed by atoms with van der Waals surface area (Å²) in [5, 5.41) is 6.55. The van der Waals surface area contributed by atoms with Gasteiger partial charge in [-0.05, 0) is 42.4 Å². The SMILES string of the molecule is CC(C)C1CCCCC1Nc1cc2c(cc1N)CC(=O)N2. The second-order valence-electron chi connectivity index (χ2n) is 6.76. The molecule has 0 spiro atoms. The van der Waals surface area contributed by atoms with Crippen molar-refractivity contribution < 1.29 is 4.79 Å². The number of amides is 1. The van der Waals surface area contributed by atoms with Crippen molar-refractivity contribution in [3.8, 4) is 0 Å². The van der Waals surface area contributed by atoms with Gasteiger partial charge < -0.3 is 16.4 Å². The molecule has 2 atom stereocenters. The number of hydrogen-bond donors (Lipinski definition) is 3. The van der Waals surface area contributed by atoms with Gasteiger partial charge in [-0.3, -0.25) is 4.79 Å². The molecule has 0 radical (unpaired) electrons. The van der Waals surface area contributed by atoms with Crippen LogP contribution in [0.3, 0.4) is 0 Å². The highest BCUT2D eigenvalue weighted by molar-refractivity contribution is 6.00. The molecule has 3 rings (SSSR count). The summed E-state index contributed by atoms with van der Waals surface area (Å²) in [6.07, 6.45) is 5.54. The molecule has 1 saturated carbocycles. The van der Waals surface area contributed by atoms with Crippen LogP contribution in [0.4, 0.5) is 17.1 Å². The Balaban J connectivity index is 1.81. The predicted molar refractivity (Wildman–Crippen MR) is 87.4 cm³/mol. The number of hydrogen-bond acceptors (Lipinski definition) is 3. The molecular weight excluding hydrogens is 262 g/mol. The number of rotatable bonds is 3. The third kappa shape index (κ3) is 2.85. The third-order valence-corrected chi connectivity index (χ3v) is 4.92. The lowest BCUT2D eigenvalue weighted by molar-refractivity contribution is -0.115. The molecule has 0 bridgehead atoms. The number of nitrogen functional groups attached to an aromatic ring is 1. The van der Waals surface area contributed by atoms with E-state index in [-0.39, 0.29) is 5.91 Å². The van der Waals surface area contributed by atoms with E-state index in [4.69, 9.17) is 5.73 Å². The van der Waals surface area contributed by atoms with E-state index in [1.807, 2.05) is 12.1 Å². The highest BCUT2D eigenvalue weighted by Gasteiger charge is 2.28. The quantitative estimate of drug-likeness (QED) is 0.746. The molecule has 2 unspecified atom stereocenters. The van der Waals surface area contributed by atoms with E-state index in [9.17, 15) is 4.79 Å². The van der Waals surface area contributed by atoms with Gasteiger partial charge in [0.15, 0.2) is 0 Å². The fraction of sp³-hybridized carbons (Fsp3) is 0.588. The van der Waals surface area contributed by atoms with Crippen LogP contribution in [0.5, 0.6) is 0 Å². The first-order valence-corrected chi connectivity index (χ1v) is 8.03. The largest absolute Gasteiger partial charge is 0.397 e. The smallest absolute Gasteiger partial charge is 0.228 e. The van der Waals surface area contributed by atoms with Crippen LogP contribution in [0.25, 0.3) is 0 Å². The Morgan fingerprint density at radius 2 is 2.05 bits per heavy atom. The second-order valence-corrected chi connectivity index (χ2v) is 6.76. The maximum Gasteiger partial charge on any atom is 0.228 e. The number of carbonyl (C=O) groups is 1. The first-order valence-electron chi connectivity index (χ1n) is 8.03. The van der Waals surface area contributed by atoms with Crippen LogP contribution in [-0.2, 0) is 11.2 Å². The highest BCUT2D eigenvalue weighted by Crippen LogP contribution is 2.36. The fourth-order valence-electron chi connectivity index (χ4n) is 3.76. The van der Waals surface area contributed by atoms with Gasteiger partial charge in [0.2, 0.25) is 5.91 Å². The van der Waals surface area contributed by atoms with E-state index in [1.54, 1.807) is 0 Å². The van der Waals surface area contributed by atoms with Crippen molar-refractivity contribution in [2.75, 3.05) is 16.4 Å². The van der Waals surface area contributed by atoms with E-state index in [0.29, 0.717) is 24.3 Å². The van der Waals surface area contributed by atoms with Gasteiger partial charge in [0.05, 0.1) is 17.8 Å². The molecule has 1 heterocycles. The van der Waals surface area contributed by atoms with Gasteiger partial charge in [0.25, 0.3) is 0 Å². The molecule has 0 saturated heterocycles. The van der Waals surface area contributed by atoms with E-state index < -0.39 is 0 Å². The number of carbonyl (C=O) groups excluding carboxylic acids is 1. The zero-order chi connectivity index (χ0) is 15.0. The molecule has 1 aliphatic carbocycles. The van der Waals surface area contributed by atoms with Gasteiger partial charge in [-0.15, -0.1) is 0 Å². The maximum atomic E-state index is 11.5. The molecule has 1 aliphatic heterocycles. The summed E-state index contributed by atoms with van der Waals surface area (Å²) in [7, 11) is 0. The minimum absolute atomic E-state index is 0.0549. The van der Waals surface area contributed by atoms with Crippen LogP contribution in [-0.4, -0.2) is 11.9 Å². The lowest BCUT2D eigenvalue weighted by Crippen LogP contribution is -2.35. The van der Waals surface area contributed by atoms with E-state index in [1.165, 1.54) is 25.7 Å². The number of nitrogens with one attached hydrogen (secondary N) is 2. The minimum Gasteiger partial charge on any atom is -0.397 e. The van der Waals surface area contributed by atoms with Crippen LogP contribution < -0.4 is 16.4 Å². The van der Waals surface area contributed by atoms with Crippen LogP contribution in [0, 0.1) is 11.8 Å². The zero-order valence-corrected chi connectivity index (χ0v) is 12.9. The highest BCUT2D eigenvalue weighted by atomic mass is 16.1. The fourth-order valence-corrected chi connectivity index (χ4v) is 3.76. The van der Waals surface area contributed by atoms with Crippen LogP contribution >= 0.6 is 0 Å². The molecule has 4 heteroatoms. The Bertz CT molecular complexity index is 553. The average Bonchev–Trinajstić information content (AvgIpc) is 2.78. The van der Waals surface area contributed by atoms with Gasteiger partial charge in [0, 0.05) is 11.7 Å². The molecule has 114 valence electrons. The van der Waals surface area contributed by atoms with Crippen molar-refractivity contribution in [3.05, 3.63) is 17.7 Å². The minimum atomic E-state index is 0.0549. The van der Waals surface area contributed by atoms with Gasteiger partial charge in [-0.25, -0.2) is 0 Å². The summed E-state index contributed by atoms with van der Waals surface area (Å²) in [6.45, 7) is 4.61. The van der Waals surface area contributed by atoms with Crippen molar-refractivity contribution in [2.45, 2.75) is 52.0 Å². The van der Waals surface area contributed by atoms with Crippen molar-refractivity contribution in [1.82, 2.24) is 0 Å². The van der Waals surface area contributed by atoms with E-state index in [2.05, 4.69) is 24.5 Å². The first-order chi connectivity index (χ1) is 10.0. The summed E-state index contributed by atoms with van der Waals surface area (Å²) >= 11 is 0. The topological polar surface area (TPSA) is 67.1 Å². The van der Waals surface area contributed by atoms with Gasteiger partial charge in [-0.2, -0.15) is 0 Å². The Hall–Kier alpha value is -1.71. The maximum absolute atomic E-state index is 11.5. The molecule has 4 nitrogen and oxygen atoms in total. The van der Waals surface area contributed by atoms with E-state index in [0.717, 1.165) is 22.6 Å². The molecule has 1 aromatic rings. The standard InChI is InChI=1S/C17H25N3O/c1-10(2)12-5-3-4-6-14(12)19-16-9-15-11(7-13(16)18)8-17(21)20-15/h7,9-10,12,14,19H,3-6,8,18H2,1-2H3,(H,20,21). The van der Waals surface area contributed by atoms with Crippen molar-refractivity contribution in [3.63, 3.8) is 0 Å². The molecule has 4 N–H and O–H groups in total. The summed E-state index contributed by atoms with van der Waals surface area (Å²) in [5.74, 6) is 1.43. The van der Waals surface area contributed by atoms with Crippen molar-refractivity contribution in [1.29, 1.82) is 0 Å². The zero-order valence-electron chi connectivity index (χ0n) is 12.9. The molecule has 2 aliphatic rings. The molecule has 21 heavy (non-hydrogen) atoms. The molecule has 1 fully saturated rings. The van der Waals surface area contributed by atoms with Crippen molar-refractivity contribution in [2.24, 2.45) is 11.8 Å². The third-order valence-electron chi connectivity index (χ3n) is 4.92. The van der Waals surface area contributed by atoms with Gasteiger partial charge >= 0.3 is 0 Å². The number of fused-ring (bicyclic) bond motifs is 1. The number of anilines is 3. The van der Waals surface area contributed by atoms with Crippen LogP contribution in [0.2, 0.25) is 0 Å². The molecular formula is C17H25N3O. The Labute approximate surface area is 126 Å². The predicted octanol–water partition coefficient (Wildman–Crippen LogP) is 3.39. The van der Waals surface area contributed by atoms with Crippen molar-refractivity contribution >= 4 is 23.0 Å². The lowest BCUT2D eigenvalue weighted by atomic mass is 9.77. The van der Waals surface area contributed by atoms with Gasteiger partial charge in [-0.1, -0.05) is 26.7 Å². The Morgan fingerprint density at radius 3 is 2.81 bits per heavy atom. The summed E-state index contributed by atoms with van der Waals surface area (Å²) < 4.78 is 0. The van der Waals surface area contributed by atoms with Crippen LogP contribution in [0.1, 0.15) is 45.1 Å². The number of benzene rings is 1. The number of nitrogens with two attached hydrogens (primary N) is 1. The van der Waals surface area contributed by atoms with E-state index >= 15 is 0 Å². The molecule has 1 amide bonds. The first kappa shape index (κ1) is 14.2. The molecule has 0 aromatic heterocycles. The average molecular weight is 287 g/mol. The lowest BCUT2D eigenvalue weighted by Gasteiger charge is -2.36. The summed E-state index contributed by atoms with van der Waals surface area (Å²) in [4.78, 5) is 11.5. The normalized spacial score (nSPS) is 24.8.